The highest BCUT2D eigenvalue weighted by Crippen LogP contribution is 2.34. The summed E-state index contributed by atoms with van der Waals surface area (Å²) in [5, 5.41) is 0. The average Bonchev–Trinajstić information content (AvgIpc) is 3.09. The Morgan fingerprint density at radius 2 is 1.80 bits per heavy atom. The largest absolute Gasteiger partial charge is 0.356 e. The predicted octanol–water partition coefficient (Wildman–Crippen LogP) is 3.87. The molecule has 1 fully saturated rings. The second-order valence-corrected chi connectivity index (χ2v) is 6.80. The third-order valence-corrected chi connectivity index (χ3v) is 5.10. The van der Waals surface area contributed by atoms with Crippen molar-refractivity contribution in [2.45, 2.75) is 32.6 Å². The first-order valence-corrected chi connectivity index (χ1v) is 8.84. The van der Waals surface area contributed by atoms with E-state index in [0.29, 0.717) is 5.92 Å². The summed E-state index contributed by atoms with van der Waals surface area (Å²) < 4.78 is 0. The minimum atomic E-state index is 0.534. The minimum Gasteiger partial charge on any atom is -0.356 e. The van der Waals surface area contributed by atoms with Crippen LogP contribution in [0, 0.1) is 13.8 Å². The van der Waals surface area contributed by atoms with Crippen molar-refractivity contribution in [2.24, 2.45) is 0 Å². The van der Waals surface area contributed by atoms with Crippen molar-refractivity contribution in [3.63, 3.8) is 0 Å². The van der Waals surface area contributed by atoms with E-state index in [0.717, 1.165) is 37.3 Å². The van der Waals surface area contributed by atoms with Crippen molar-refractivity contribution >= 4 is 5.82 Å². The summed E-state index contributed by atoms with van der Waals surface area (Å²) in [6.07, 6.45) is 7.58. The molecule has 0 spiro atoms. The summed E-state index contributed by atoms with van der Waals surface area (Å²) >= 11 is 0. The number of nitrogens with one attached hydrogen (secondary N) is 1. The Balaban J connectivity index is 1.56. The van der Waals surface area contributed by atoms with E-state index < -0.39 is 0 Å². The molecule has 0 aliphatic carbocycles. The van der Waals surface area contributed by atoms with Gasteiger partial charge < -0.3 is 9.88 Å². The van der Waals surface area contributed by atoms with Gasteiger partial charge in [0, 0.05) is 36.5 Å². The Labute approximate surface area is 148 Å². The molecule has 1 saturated heterocycles. The molecule has 0 amide bonds. The van der Waals surface area contributed by atoms with E-state index in [1.165, 1.54) is 22.5 Å². The molecule has 5 nitrogen and oxygen atoms in total. The first kappa shape index (κ1) is 15.8. The number of aryl methyl sites for hydroxylation is 2. The number of imidazole rings is 1. The van der Waals surface area contributed by atoms with E-state index in [4.69, 9.17) is 0 Å². The minimum absolute atomic E-state index is 0.534. The van der Waals surface area contributed by atoms with Crippen LogP contribution in [-0.4, -0.2) is 33.0 Å². The standard InChI is InChI=1S/C20H23N5/c1-14-3-5-16(6-4-14)18-11-21-12-24-20(18)25-9-7-17(8-10-25)19-15(2)22-13-23-19/h3-6,11-13,17H,7-10H2,1-2H3,(H,22,23). The number of hydrogen-bond donors (Lipinski definition) is 1. The number of aromatic nitrogens is 4. The summed E-state index contributed by atoms with van der Waals surface area (Å²) in [5.74, 6) is 1.57. The lowest BCUT2D eigenvalue weighted by atomic mass is 9.92. The van der Waals surface area contributed by atoms with Crippen LogP contribution in [0.25, 0.3) is 11.1 Å². The van der Waals surface area contributed by atoms with E-state index >= 15 is 0 Å². The summed E-state index contributed by atoms with van der Waals surface area (Å²) in [6.45, 7) is 6.20. The van der Waals surface area contributed by atoms with E-state index in [2.05, 4.69) is 62.9 Å². The van der Waals surface area contributed by atoms with Crippen LogP contribution in [0.4, 0.5) is 5.82 Å². The lowest BCUT2D eigenvalue weighted by Gasteiger charge is -2.33. The number of nitrogens with zero attached hydrogens (tertiary/aromatic N) is 4. The Kier molecular flexibility index (Phi) is 4.22. The van der Waals surface area contributed by atoms with Crippen molar-refractivity contribution in [3.05, 3.63) is 60.1 Å². The number of rotatable bonds is 3. The Hall–Kier alpha value is -2.69. The van der Waals surface area contributed by atoms with E-state index in [1.54, 1.807) is 12.7 Å². The summed E-state index contributed by atoms with van der Waals surface area (Å²) in [6, 6.07) is 8.58. The maximum Gasteiger partial charge on any atom is 0.139 e. The molecule has 2 aromatic heterocycles. The molecular weight excluding hydrogens is 310 g/mol. The van der Waals surface area contributed by atoms with Gasteiger partial charge in [0.15, 0.2) is 0 Å². The molecule has 1 aliphatic heterocycles. The normalized spacial score (nSPS) is 15.5. The van der Waals surface area contributed by atoms with Gasteiger partial charge in [0.05, 0.1) is 12.0 Å². The topological polar surface area (TPSA) is 57.7 Å². The third-order valence-electron chi connectivity index (χ3n) is 5.10. The molecule has 25 heavy (non-hydrogen) atoms. The SMILES string of the molecule is Cc1ccc(-c2cncnc2N2CCC(c3nc[nH]c3C)CC2)cc1. The Morgan fingerprint density at radius 3 is 2.48 bits per heavy atom. The van der Waals surface area contributed by atoms with Gasteiger partial charge in [-0.05, 0) is 32.3 Å². The van der Waals surface area contributed by atoms with Crippen molar-refractivity contribution in [2.75, 3.05) is 18.0 Å². The monoisotopic (exact) mass is 333 g/mol. The molecule has 1 aromatic carbocycles. The van der Waals surface area contributed by atoms with E-state index in [1.807, 2.05) is 6.20 Å². The van der Waals surface area contributed by atoms with Crippen LogP contribution in [0.1, 0.15) is 35.7 Å². The molecule has 128 valence electrons. The van der Waals surface area contributed by atoms with Crippen molar-refractivity contribution in [1.82, 2.24) is 19.9 Å². The second-order valence-electron chi connectivity index (χ2n) is 6.80. The van der Waals surface area contributed by atoms with Crippen LogP contribution in [0.15, 0.2) is 43.1 Å². The smallest absolute Gasteiger partial charge is 0.139 e. The van der Waals surface area contributed by atoms with Gasteiger partial charge in [-0.3, -0.25) is 0 Å². The molecule has 0 saturated carbocycles. The lowest BCUT2D eigenvalue weighted by Crippen LogP contribution is -2.34. The third kappa shape index (κ3) is 3.14. The van der Waals surface area contributed by atoms with Crippen LogP contribution in [0.3, 0.4) is 0 Å². The van der Waals surface area contributed by atoms with Crippen LogP contribution >= 0.6 is 0 Å². The molecule has 0 unspecified atom stereocenters. The van der Waals surface area contributed by atoms with E-state index in [-0.39, 0.29) is 0 Å². The van der Waals surface area contributed by atoms with Gasteiger partial charge in [0.1, 0.15) is 12.1 Å². The van der Waals surface area contributed by atoms with Gasteiger partial charge in [-0.2, -0.15) is 0 Å². The Morgan fingerprint density at radius 1 is 1.04 bits per heavy atom. The molecule has 4 rings (SSSR count). The molecule has 1 aliphatic rings. The van der Waals surface area contributed by atoms with Crippen LogP contribution in [-0.2, 0) is 0 Å². The summed E-state index contributed by atoms with van der Waals surface area (Å²) in [5.41, 5.74) is 5.96. The molecular formula is C20H23N5. The highest BCUT2D eigenvalue weighted by atomic mass is 15.2. The highest BCUT2D eigenvalue weighted by Gasteiger charge is 2.25. The van der Waals surface area contributed by atoms with E-state index in [9.17, 15) is 0 Å². The van der Waals surface area contributed by atoms with Gasteiger partial charge in [-0.1, -0.05) is 29.8 Å². The maximum absolute atomic E-state index is 4.60. The zero-order valence-electron chi connectivity index (χ0n) is 14.7. The van der Waals surface area contributed by atoms with Crippen LogP contribution < -0.4 is 4.90 Å². The number of benzene rings is 1. The molecule has 0 bridgehead atoms. The summed E-state index contributed by atoms with van der Waals surface area (Å²) in [4.78, 5) is 18.9. The fourth-order valence-corrected chi connectivity index (χ4v) is 3.66. The van der Waals surface area contributed by atoms with Gasteiger partial charge in [-0.15, -0.1) is 0 Å². The number of aromatic amines is 1. The number of anilines is 1. The average molecular weight is 333 g/mol. The molecule has 5 heteroatoms. The van der Waals surface area contributed by atoms with Gasteiger partial charge in [-0.25, -0.2) is 15.0 Å². The molecule has 0 atom stereocenters. The lowest BCUT2D eigenvalue weighted by molar-refractivity contribution is 0.493. The van der Waals surface area contributed by atoms with Crippen molar-refractivity contribution < 1.29 is 0 Å². The van der Waals surface area contributed by atoms with Crippen LogP contribution in [0.5, 0.6) is 0 Å². The number of piperidine rings is 1. The fourth-order valence-electron chi connectivity index (χ4n) is 3.66. The zero-order valence-corrected chi connectivity index (χ0v) is 14.7. The number of H-pyrrole nitrogens is 1. The van der Waals surface area contributed by atoms with Gasteiger partial charge in [0.25, 0.3) is 0 Å². The molecule has 3 heterocycles. The van der Waals surface area contributed by atoms with Crippen LogP contribution in [0.2, 0.25) is 0 Å². The quantitative estimate of drug-likeness (QED) is 0.790. The van der Waals surface area contributed by atoms with Gasteiger partial charge >= 0.3 is 0 Å². The fraction of sp³-hybridized carbons (Fsp3) is 0.350. The second kappa shape index (κ2) is 6.67. The highest BCUT2D eigenvalue weighted by molar-refractivity contribution is 5.75. The maximum atomic E-state index is 4.60. The van der Waals surface area contributed by atoms with Crippen molar-refractivity contribution in [3.8, 4) is 11.1 Å². The zero-order chi connectivity index (χ0) is 17.2. The summed E-state index contributed by atoms with van der Waals surface area (Å²) in [7, 11) is 0. The number of hydrogen-bond acceptors (Lipinski definition) is 4. The first-order chi connectivity index (χ1) is 12.2. The van der Waals surface area contributed by atoms with Gasteiger partial charge in [0.2, 0.25) is 0 Å². The Bertz CT molecular complexity index is 845. The molecule has 0 radical (unpaired) electrons. The molecule has 3 aromatic rings. The first-order valence-electron chi connectivity index (χ1n) is 8.84. The predicted molar refractivity (Wildman–Crippen MR) is 99.7 cm³/mol. The molecule has 1 N–H and O–H groups in total. The van der Waals surface area contributed by atoms with Crippen molar-refractivity contribution in [1.29, 1.82) is 0 Å².